The molecule has 21 heavy (non-hydrogen) atoms. The van der Waals surface area contributed by atoms with E-state index in [1.165, 1.54) is 4.90 Å². The van der Waals surface area contributed by atoms with E-state index in [2.05, 4.69) is 0 Å². The highest BCUT2D eigenvalue weighted by atomic mass is 35.5. The number of halogens is 1. The number of aromatic nitrogens is 1. The number of carbonyl (C=O) groups is 2. The van der Waals surface area contributed by atoms with E-state index >= 15 is 0 Å². The highest BCUT2D eigenvalue weighted by Gasteiger charge is 2.44. The van der Waals surface area contributed by atoms with Crippen molar-refractivity contribution in [2.75, 3.05) is 6.54 Å². The van der Waals surface area contributed by atoms with E-state index < -0.39 is 11.5 Å². The molecular weight excluding hydrogens is 292 g/mol. The molecule has 1 saturated heterocycles. The van der Waals surface area contributed by atoms with Crippen LogP contribution in [0.4, 0.5) is 0 Å². The van der Waals surface area contributed by atoms with Crippen LogP contribution in [0.25, 0.3) is 0 Å². The molecule has 0 aromatic carbocycles. The number of carboxylic acids is 1. The van der Waals surface area contributed by atoms with E-state index in [1.54, 1.807) is 23.8 Å². The lowest BCUT2D eigenvalue weighted by Crippen LogP contribution is -2.57. The summed E-state index contributed by atoms with van der Waals surface area (Å²) in [6.07, 6.45) is 3.83. The molecule has 0 bridgehead atoms. The van der Waals surface area contributed by atoms with Crippen LogP contribution in [-0.4, -0.2) is 38.5 Å². The van der Waals surface area contributed by atoms with Gasteiger partial charge in [-0.05, 0) is 46.1 Å². The molecule has 1 amide bonds. The van der Waals surface area contributed by atoms with Crippen LogP contribution in [-0.2, 0) is 4.79 Å². The number of hydrogen-bond acceptors (Lipinski definition) is 2. The normalized spacial score (nSPS) is 22.6. The van der Waals surface area contributed by atoms with Gasteiger partial charge in [-0.1, -0.05) is 11.6 Å². The molecule has 1 aromatic heterocycles. The SMILES string of the molecule is CC(C)n1cc(Cl)cc1C(=O)N1CCCCC1(C)C(=O)O. The molecule has 1 atom stereocenters. The van der Waals surface area contributed by atoms with Gasteiger partial charge in [0, 0.05) is 18.8 Å². The van der Waals surface area contributed by atoms with Crippen molar-refractivity contribution in [1.29, 1.82) is 0 Å². The Labute approximate surface area is 129 Å². The van der Waals surface area contributed by atoms with Crippen LogP contribution in [0.1, 0.15) is 56.6 Å². The minimum atomic E-state index is -1.14. The van der Waals surface area contributed by atoms with E-state index in [4.69, 9.17) is 11.6 Å². The average molecular weight is 313 g/mol. The zero-order valence-electron chi connectivity index (χ0n) is 12.6. The standard InChI is InChI=1S/C15H21ClN2O3/c1-10(2)17-9-11(16)8-12(17)13(19)18-7-5-4-6-15(18,3)14(20)21/h8-10H,4-7H2,1-3H3,(H,20,21). The second-order valence-corrected chi connectivity index (χ2v) is 6.47. The van der Waals surface area contributed by atoms with E-state index in [0.29, 0.717) is 23.7 Å². The first kappa shape index (κ1) is 15.9. The van der Waals surface area contributed by atoms with Crippen LogP contribution in [0, 0.1) is 0 Å². The van der Waals surface area contributed by atoms with Gasteiger partial charge in [0.15, 0.2) is 0 Å². The molecular formula is C15H21ClN2O3. The van der Waals surface area contributed by atoms with Crippen molar-refractivity contribution >= 4 is 23.5 Å². The predicted octanol–water partition coefficient (Wildman–Crippen LogP) is 3.19. The second kappa shape index (κ2) is 5.72. The lowest BCUT2D eigenvalue weighted by molar-refractivity contribution is -0.150. The Morgan fingerprint density at radius 2 is 2.05 bits per heavy atom. The zero-order chi connectivity index (χ0) is 15.8. The maximum atomic E-state index is 12.8. The highest BCUT2D eigenvalue weighted by molar-refractivity contribution is 6.31. The van der Waals surface area contributed by atoms with Gasteiger partial charge in [0.1, 0.15) is 11.2 Å². The summed E-state index contributed by atoms with van der Waals surface area (Å²) in [5.41, 5.74) is -0.696. The van der Waals surface area contributed by atoms with E-state index in [-0.39, 0.29) is 11.9 Å². The molecule has 0 spiro atoms. The molecule has 5 nitrogen and oxygen atoms in total. The zero-order valence-corrected chi connectivity index (χ0v) is 13.4. The number of amides is 1. The quantitative estimate of drug-likeness (QED) is 0.932. The molecule has 0 saturated carbocycles. The number of nitrogens with zero attached hydrogens (tertiary/aromatic N) is 2. The molecule has 2 rings (SSSR count). The molecule has 0 aliphatic carbocycles. The minimum absolute atomic E-state index is 0.0809. The summed E-state index contributed by atoms with van der Waals surface area (Å²) in [7, 11) is 0. The van der Waals surface area contributed by atoms with Crippen LogP contribution >= 0.6 is 11.6 Å². The largest absolute Gasteiger partial charge is 0.480 e. The Kier molecular flexibility index (Phi) is 4.33. The first-order valence-corrected chi connectivity index (χ1v) is 7.58. The van der Waals surface area contributed by atoms with Gasteiger partial charge >= 0.3 is 5.97 Å². The topological polar surface area (TPSA) is 62.5 Å². The van der Waals surface area contributed by atoms with Gasteiger partial charge in [-0.2, -0.15) is 0 Å². The Morgan fingerprint density at radius 3 is 2.62 bits per heavy atom. The van der Waals surface area contributed by atoms with Crippen LogP contribution < -0.4 is 0 Å². The molecule has 6 heteroatoms. The van der Waals surface area contributed by atoms with E-state index in [0.717, 1.165) is 12.8 Å². The number of likely N-dealkylation sites (tertiary alicyclic amines) is 1. The number of hydrogen-bond donors (Lipinski definition) is 1. The van der Waals surface area contributed by atoms with Gasteiger partial charge in [0.25, 0.3) is 5.91 Å². The first-order valence-electron chi connectivity index (χ1n) is 7.20. The molecule has 1 fully saturated rings. The summed E-state index contributed by atoms with van der Waals surface area (Å²) >= 11 is 6.02. The van der Waals surface area contributed by atoms with Crippen LogP contribution in [0.3, 0.4) is 0 Å². The Hall–Kier alpha value is -1.49. The van der Waals surface area contributed by atoms with Crippen molar-refractivity contribution in [3.05, 3.63) is 23.0 Å². The third kappa shape index (κ3) is 2.79. The summed E-state index contributed by atoms with van der Waals surface area (Å²) in [4.78, 5) is 25.9. The van der Waals surface area contributed by atoms with Crippen molar-refractivity contribution in [3.8, 4) is 0 Å². The van der Waals surface area contributed by atoms with E-state index in [9.17, 15) is 14.7 Å². The summed E-state index contributed by atoms with van der Waals surface area (Å²) in [6, 6.07) is 1.69. The van der Waals surface area contributed by atoms with Crippen molar-refractivity contribution < 1.29 is 14.7 Å². The fourth-order valence-corrected chi connectivity index (χ4v) is 3.06. The molecule has 1 N–H and O–H groups in total. The van der Waals surface area contributed by atoms with Gasteiger partial charge in [0.2, 0.25) is 0 Å². The summed E-state index contributed by atoms with van der Waals surface area (Å²) in [5.74, 6) is -1.22. The van der Waals surface area contributed by atoms with Crippen molar-refractivity contribution in [1.82, 2.24) is 9.47 Å². The van der Waals surface area contributed by atoms with Crippen molar-refractivity contribution in [2.45, 2.75) is 51.6 Å². The number of carbonyl (C=O) groups excluding carboxylic acids is 1. The van der Waals surface area contributed by atoms with Crippen LogP contribution in [0.15, 0.2) is 12.3 Å². The van der Waals surface area contributed by atoms with Crippen molar-refractivity contribution in [3.63, 3.8) is 0 Å². The van der Waals surface area contributed by atoms with E-state index in [1.807, 2.05) is 13.8 Å². The Morgan fingerprint density at radius 1 is 1.38 bits per heavy atom. The van der Waals surface area contributed by atoms with Gasteiger partial charge in [0.05, 0.1) is 5.02 Å². The summed E-state index contributed by atoms with van der Waals surface area (Å²) in [5, 5.41) is 10.0. The summed E-state index contributed by atoms with van der Waals surface area (Å²) < 4.78 is 1.79. The van der Waals surface area contributed by atoms with Gasteiger partial charge in [-0.25, -0.2) is 4.79 Å². The van der Waals surface area contributed by atoms with Crippen LogP contribution in [0.2, 0.25) is 5.02 Å². The third-order valence-electron chi connectivity index (χ3n) is 4.19. The van der Waals surface area contributed by atoms with Gasteiger partial charge < -0.3 is 14.6 Å². The fraction of sp³-hybridized carbons (Fsp3) is 0.600. The molecule has 116 valence electrons. The molecule has 2 heterocycles. The van der Waals surface area contributed by atoms with Crippen molar-refractivity contribution in [2.24, 2.45) is 0 Å². The molecule has 1 aliphatic heterocycles. The number of aliphatic carboxylic acids is 1. The number of piperidine rings is 1. The maximum Gasteiger partial charge on any atom is 0.329 e. The molecule has 0 radical (unpaired) electrons. The third-order valence-corrected chi connectivity index (χ3v) is 4.39. The minimum Gasteiger partial charge on any atom is -0.480 e. The fourth-order valence-electron chi connectivity index (χ4n) is 2.85. The summed E-state index contributed by atoms with van der Waals surface area (Å²) in [6.45, 7) is 6.00. The van der Waals surface area contributed by atoms with Gasteiger partial charge in [-0.3, -0.25) is 4.79 Å². The Bertz CT molecular complexity index is 567. The predicted molar refractivity (Wildman–Crippen MR) is 80.8 cm³/mol. The number of carboxylic acid groups (broad SMARTS) is 1. The Balaban J connectivity index is 2.40. The number of rotatable bonds is 3. The lowest BCUT2D eigenvalue weighted by atomic mass is 9.88. The lowest BCUT2D eigenvalue weighted by Gasteiger charge is -2.41. The highest BCUT2D eigenvalue weighted by Crippen LogP contribution is 2.31. The molecule has 1 unspecified atom stereocenters. The van der Waals surface area contributed by atoms with Gasteiger partial charge in [-0.15, -0.1) is 0 Å². The first-order chi connectivity index (χ1) is 9.77. The average Bonchev–Trinajstić information content (AvgIpc) is 2.80. The maximum absolute atomic E-state index is 12.8. The molecule has 1 aliphatic rings. The monoisotopic (exact) mass is 312 g/mol. The van der Waals surface area contributed by atoms with Crippen LogP contribution in [0.5, 0.6) is 0 Å². The smallest absolute Gasteiger partial charge is 0.329 e. The molecule has 1 aromatic rings. The second-order valence-electron chi connectivity index (χ2n) is 6.04.